The summed E-state index contributed by atoms with van der Waals surface area (Å²) in [5, 5.41) is 7.91. The van der Waals surface area contributed by atoms with Crippen molar-refractivity contribution in [3.8, 4) is 11.3 Å². The Bertz CT molecular complexity index is 1090. The van der Waals surface area contributed by atoms with Crippen molar-refractivity contribution < 1.29 is 4.74 Å². The van der Waals surface area contributed by atoms with E-state index in [2.05, 4.69) is 55.3 Å². The van der Waals surface area contributed by atoms with Gasteiger partial charge in [0.15, 0.2) is 5.65 Å². The van der Waals surface area contributed by atoms with E-state index in [9.17, 15) is 0 Å². The summed E-state index contributed by atoms with van der Waals surface area (Å²) in [6.45, 7) is 1.49. The van der Waals surface area contributed by atoms with Gasteiger partial charge in [-0.3, -0.25) is 4.72 Å². The second-order valence-electron chi connectivity index (χ2n) is 6.26. The molecule has 0 atom stereocenters. The minimum absolute atomic E-state index is 0.688. The van der Waals surface area contributed by atoms with E-state index >= 15 is 0 Å². The number of fused-ring (bicyclic) bond motifs is 1. The number of methoxy groups -OCH3 is 1. The van der Waals surface area contributed by atoms with E-state index in [0.29, 0.717) is 6.61 Å². The Morgan fingerprint density at radius 3 is 2.66 bits per heavy atom. The van der Waals surface area contributed by atoms with Crippen LogP contribution in [0.5, 0.6) is 0 Å². The Balaban J connectivity index is 1.59. The molecule has 0 unspecified atom stereocenters. The fourth-order valence-corrected chi connectivity index (χ4v) is 3.79. The van der Waals surface area contributed by atoms with E-state index in [1.165, 1.54) is 0 Å². The predicted octanol–water partition coefficient (Wildman–Crippen LogP) is 5.15. The van der Waals surface area contributed by atoms with Gasteiger partial charge >= 0.3 is 0 Å². The summed E-state index contributed by atoms with van der Waals surface area (Å²) in [5.74, 6) is 0.846. The molecule has 0 amide bonds. The normalized spacial score (nSPS) is 11.1. The highest BCUT2D eigenvalue weighted by Crippen LogP contribution is 2.28. The van der Waals surface area contributed by atoms with Crippen LogP contribution in [0.15, 0.2) is 76.2 Å². The van der Waals surface area contributed by atoms with Gasteiger partial charge in [-0.25, -0.2) is 4.98 Å². The van der Waals surface area contributed by atoms with Gasteiger partial charge in [0.2, 0.25) is 0 Å². The van der Waals surface area contributed by atoms with Crippen LogP contribution in [0.2, 0.25) is 0 Å². The van der Waals surface area contributed by atoms with Crippen molar-refractivity contribution in [1.29, 1.82) is 0 Å². The third kappa shape index (κ3) is 4.79. The average molecular weight is 470 g/mol. The smallest absolute Gasteiger partial charge is 0.172 e. The zero-order valence-electron chi connectivity index (χ0n) is 15.8. The van der Waals surface area contributed by atoms with Crippen LogP contribution in [0.3, 0.4) is 0 Å². The maximum atomic E-state index is 5.04. The number of halogens is 1. The monoisotopic (exact) mass is 469 g/mol. The van der Waals surface area contributed by atoms with Gasteiger partial charge in [-0.05, 0) is 52.1 Å². The zero-order valence-corrected chi connectivity index (χ0v) is 18.2. The number of hydrogen-bond donors (Lipinski definition) is 2. The quantitative estimate of drug-likeness (QED) is 0.275. The molecule has 0 fully saturated rings. The number of aromatic nitrogens is 3. The summed E-state index contributed by atoms with van der Waals surface area (Å²) in [4.78, 5) is 5.90. The molecule has 2 aromatic heterocycles. The maximum Gasteiger partial charge on any atom is 0.172 e. The molecule has 4 aromatic rings. The molecule has 2 aromatic carbocycles. The molecular weight excluding hydrogens is 450 g/mol. The Kier molecular flexibility index (Phi) is 6.46. The van der Waals surface area contributed by atoms with Gasteiger partial charge in [0.1, 0.15) is 5.82 Å². The number of nitrogens with zero attached hydrogens (tertiary/aromatic N) is 3. The second-order valence-corrected chi connectivity index (χ2v) is 8.08. The number of ether oxygens (including phenoxy) is 1. The van der Waals surface area contributed by atoms with Crippen LogP contribution in [0.4, 0.5) is 11.5 Å². The lowest BCUT2D eigenvalue weighted by Crippen LogP contribution is -2.10. The van der Waals surface area contributed by atoms with Crippen molar-refractivity contribution in [2.75, 3.05) is 25.6 Å². The van der Waals surface area contributed by atoms with Crippen LogP contribution >= 0.6 is 27.9 Å². The molecular formula is C21H20BrN5OS. The molecule has 6 nitrogen and oxygen atoms in total. The summed E-state index contributed by atoms with van der Waals surface area (Å²) in [6, 6.07) is 20.4. The standard InChI is InChI=1S/C21H20BrN5OS/c1-28-12-11-24-29-17-9-7-16(8-10-17)25-20-13-19(15-5-3-2-4-6-15)26-21-18(22)14-23-27(20)21/h2-10,13-14,24-25H,11-12H2,1H3. The summed E-state index contributed by atoms with van der Waals surface area (Å²) < 4.78 is 11.0. The molecule has 8 heteroatoms. The highest BCUT2D eigenvalue weighted by Gasteiger charge is 2.11. The third-order valence-corrected chi connectivity index (χ3v) is 5.64. The van der Waals surface area contributed by atoms with Gasteiger partial charge in [-0.15, -0.1) is 0 Å². The number of benzene rings is 2. The van der Waals surface area contributed by atoms with Crippen LogP contribution in [0.1, 0.15) is 0 Å². The number of hydrogen-bond acceptors (Lipinski definition) is 6. The molecule has 0 radical (unpaired) electrons. The van der Waals surface area contributed by atoms with E-state index in [-0.39, 0.29) is 0 Å². The first-order valence-electron chi connectivity index (χ1n) is 9.10. The molecule has 0 aliphatic heterocycles. The van der Waals surface area contributed by atoms with Crippen molar-refractivity contribution in [3.63, 3.8) is 0 Å². The molecule has 0 saturated carbocycles. The lowest BCUT2D eigenvalue weighted by Gasteiger charge is -2.11. The highest BCUT2D eigenvalue weighted by molar-refractivity contribution is 9.10. The minimum atomic E-state index is 0.688. The van der Waals surface area contributed by atoms with Crippen LogP contribution < -0.4 is 10.0 Å². The van der Waals surface area contributed by atoms with E-state index in [1.54, 1.807) is 29.8 Å². The molecule has 29 heavy (non-hydrogen) atoms. The van der Waals surface area contributed by atoms with Crippen LogP contribution in [-0.2, 0) is 4.74 Å². The summed E-state index contributed by atoms with van der Waals surface area (Å²) in [6.07, 6.45) is 1.76. The molecule has 0 bridgehead atoms. The first-order valence-corrected chi connectivity index (χ1v) is 10.7. The summed E-state index contributed by atoms with van der Waals surface area (Å²) in [7, 11) is 1.70. The van der Waals surface area contributed by atoms with Crippen molar-refractivity contribution in [2.24, 2.45) is 0 Å². The lowest BCUT2D eigenvalue weighted by molar-refractivity contribution is 0.205. The summed E-state index contributed by atoms with van der Waals surface area (Å²) in [5.41, 5.74) is 3.68. The third-order valence-electron chi connectivity index (χ3n) is 4.22. The van der Waals surface area contributed by atoms with Crippen molar-refractivity contribution in [3.05, 3.63) is 71.3 Å². The molecule has 148 valence electrons. The fourth-order valence-electron chi connectivity index (χ4n) is 2.81. The summed E-state index contributed by atoms with van der Waals surface area (Å²) >= 11 is 5.14. The van der Waals surface area contributed by atoms with Crippen LogP contribution in [0.25, 0.3) is 16.9 Å². The predicted molar refractivity (Wildman–Crippen MR) is 122 cm³/mol. The molecule has 4 rings (SSSR count). The SMILES string of the molecule is COCCNSc1ccc(Nc2cc(-c3ccccc3)nc3c(Br)cnn23)cc1. The molecule has 0 saturated heterocycles. The molecule has 2 N–H and O–H groups in total. The Labute approximate surface area is 182 Å². The fraction of sp³-hybridized carbons (Fsp3) is 0.143. The van der Waals surface area contributed by atoms with Crippen LogP contribution in [0, 0.1) is 0 Å². The Hall–Kier alpha value is -2.39. The van der Waals surface area contributed by atoms with Gasteiger partial charge in [0, 0.05) is 35.9 Å². The largest absolute Gasteiger partial charge is 0.383 e. The van der Waals surface area contributed by atoms with Crippen molar-refractivity contribution in [1.82, 2.24) is 19.3 Å². The highest BCUT2D eigenvalue weighted by atomic mass is 79.9. The first kappa shape index (κ1) is 19.9. The van der Waals surface area contributed by atoms with Gasteiger partial charge in [0.05, 0.1) is 23.0 Å². The van der Waals surface area contributed by atoms with Gasteiger partial charge in [-0.2, -0.15) is 9.61 Å². The molecule has 0 spiro atoms. The van der Waals surface area contributed by atoms with E-state index < -0.39 is 0 Å². The minimum Gasteiger partial charge on any atom is -0.383 e. The Morgan fingerprint density at radius 1 is 1.10 bits per heavy atom. The zero-order chi connectivity index (χ0) is 20.1. The van der Waals surface area contributed by atoms with Gasteiger partial charge in [0.25, 0.3) is 0 Å². The van der Waals surface area contributed by atoms with E-state index in [1.807, 2.05) is 36.4 Å². The number of rotatable bonds is 8. The van der Waals surface area contributed by atoms with Crippen molar-refractivity contribution in [2.45, 2.75) is 4.90 Å². The van der Waals surface area contributed by atoms with Gasteiger partial charge < -0.3 is 10.1 Å². The van der Waals surface area contributed by atoms with Crippen LogP contribution in [-0.4, -0.2) is 34.9 Å². The van der Waals surface area contributed by atoms with Crippen molar-refractivity contribution >= 4 is 45.0 Å². The number of anilines is 2. The first-order chi connectivity index (χ1) is 14.2. The Morgan fingerprint density at radius 2 is 1.90 bits per heavy atom. The maximum absolute atomic E-state index is 5.04. The van der Waals surface area contributed by atoms with E-state index in [0.717, 1.165) is 44.3 Å². The van der Waals surface area contributed by atoms with E-state index in [4.69, 9.17) is 9.72 Å². The molecule has 0 aliphatic rings. The molecule has 2 heterocycles. The topological polar surface area (TPSA) is 63.5 Å². The second kappa shape index (κ2) is 9.41. The number of nitrogens with one attached hydrogen (secondary N) is 2. The average Bonchev–Trinajstić information content (AvgIpc) is 3.14. The van der Waals surface area contributed by atoms with Gasteiger partial charge in [-0.1, -0.05) is 30.3 Å². The lowest BCUT2D eigenvalue weighted by atomic mass is 10.1. The molecule has 0 aliphatic carbocycles.